The van der Waals surface area contributed by atoms with E-state index >= 15 is 0 Å². The van der Waals surface area contributed by atoms with Crippen LogP contribution >= 0.6 is 0 Å². The predicted molar refractivity (Wildman–Crippen MR) is 143 cm³/mol. The predicted octanol–water partition coefficient (Wildman–Crippen LogP) is 4.20. The average molecular weight is 547 g/mol. The molecule has 0 heterocycles. The summed E-state index contributed by atoms with van der Waals surface area (Å²) < 4.78 is 0. The Balaban J connectivity index is 0.00000441. The van der Waals surface area contributed by atoms with Gasteiger partial charge in [-0.2, -0.15) is 20.5 Å². The molecular formula is C26H20N8NaO5+. The molecule has 0 fully saturated rings. The van der Waals surface area contributed by atoms with Gasteiger partial charge in [0.05, 0.1) is 39.7 Å². The molecule has 0 aliphatic heterocycles. The minimum atomic E-state index is -1.28. The molecular weight excluding hydrogens is 527 g/mol. The Morgan fingerprint density at radius 3 is 1.68 bits per heavy atom. The zero-order chi connectivity index (χ0) is 27.9. The van der Waals surface area contributed by atoms with Gasteiger partial charge in [0.25, 0.3) is 0 Å². The fourth-order valence-electron chi connectivity index (χ4n) is 3.16. The third-order valence-corrected chi connectivity index (χ3v) is 5.22. The molecule has 0 bridgehead atoms. The molecule has 0 radical (unpaired) electrons. The van der Waals surface area contributed by atoms with E-state index in [2.05, 4.69) is 30.7 Å². The van der Waals surface area contributed by atoms with Crippen molar-refractivity contribution in [3.63, 3.8) is 0 Å². The van der Waals surface area contributed by atoms with E-state index in [4.69, 9.17) is 21.7 Å². The fraction of sp³-hybridized carbons (Fsp3) is 0. The van der Waals surface area contributed by atoms with Crippen LogP contribution in [-0.4, -0.2) is 27.3 Å². The van der Waals surface area contributed by atoms with Crippen LogP contribution in [0.3, 0.4) is 0 Å². The second-order valence-electron chi connectivity index (χ2n) is 7.91. The molecule has 0 amide bonds. The summed E-state index contributed by atoms with van der Waals surface area (Å²) in [5, 5.41) is 52.2. The van der Waals surface area contributed by atoms with Crippen molar-refractivity contribution in [2.24, 2.45) is 30.7 Å². The van der Waals surface area contributed by atoms with Gasteiger partial charge in [-0.1, -0.05) is 0 Å². The van der Waals surface area contributed by atoms with Crippen LogP contribution in [-0.2, 0) is 0 Å². The molecule has 40 heavy (non-hydrogen) atoms. The zero-order valence-corrected chi connectivity index (χ0v) is 23.0. The summed E-state index contributed by atoms with van der Waals surface area (Å²) in [6.07, 6.45) is 0. The minimum absolute atomic E-state index is 0. The number of aromatic hydroxyl groups is 1. The van der Waals surface area contributed by atoms with E-state index in [1.807, 2.05) is 0 Å². The summed E-state index contributed by atoms with van der Waals surface area (Å²) in [7, 11) is 0. The number of nitrogens with two attached hydrogens (primary N) is 2. The molecule has 0 saturated carbocycles. The Hall–Kier alpha value is -4.98. The van der Waals surface area contributed by atoms with Crippen LogP contribution in [0.1, 0.15) is 20.7 Å². The quantitative estimate of drug-likeness (QED) is 0.123. The van der Waals surface area contributed by atoms with Crippen molar-refractivity contribution in [3.05, 3.63) is 90.0 Å². The smallest absolute Gasteiger partial charge is 0.507 e. The number of benzene rings is 4. The first-order valence-electron chi connectivity index (χ1n) is 11.1. The summed E-state index contributed by atoms with van der Waals surface area (Å²) in [5.41, 5.74) is 14.6. The van der Waals surface area contributed by atoms with E-state index < -0.39 is 11.9 Å². The van der Waals surface area contributed by atoms with Crippen molar-refractivity contribution in [1.29, 1.82) is 0 Å². The van der Waals surface area contributed by atoms with Crippen LogP contribution in [0.25, 0.3) is 0 Å². The molecule has 0 spiro atoms. The van der Waals surface area contributed by atoms with Crippen molar-refractivity contribution >= 4 is 57.4 Å². The molecule has 4 aromatic carbocycles. The molecule has 14 heteroatoms. The van der Waals surface area contributed by atoms with Gasteiger partial charge in [-0.15, -0.1) is 10.2 Å². The molecule has 0 atom stereocenters. The summed E-state index contributed by atoms with van der Waals surface area (Å²) >= 11 is 0. The molecule has 4 aromatic rings. The van der Waals surface area contributed by atoms with Crippen LogP contribution in [0.4, 0.5) is 45.5 Å². The number of anilines is 2. The second-order valence-corrected chi connectivity index (χ2v) is 7.91. The van der Waals surface area contributed by atoms with Crippen LogP contribution < -0.4 is 41.0 Å². The summed E-state index contributed by atoms with van der Waals surface area (Å²) in [5.74, 6) is -2.68. The van der Waals surface area contributed by atoms with Gasteiger partial charge in [-0.3, -0.25) is 0 Å². The number of carboxylic acids is 2. The number of rotatable bonds is 8. The number of nitrogens with zero attached hydrogens (tertiary/aromatic N) is 6. The molecule has 0 saturated heterocycles. The number of carbonyl (C=O) groups is 2. The number of carboxylic acid groups (broad SMARTS) is 2. The third kappa shape index (κ3) is 7.32. The molecule has 0 unspecified atom stereocenters. The summed E-state index contributed by atoms with van der Waals surface area (Å²) in [6.45, 7) is 0. The first-order chi connectivity index (χ1) is 18.7. The van der Waals surface area contributed by atoms with E-state index in [0.29, 0.717) is 22.7 Å². The Morgan fingerprint density at radius 1 is 0.600 bits per heavy atom. The average Bonchev–Trinajstić information content (AvgIpc) is 2.92. The normalized spacial score (nSPS) is 11.2. The molecule has 194 valence electrons. The van der Waals surface area contributed by atoms with Gasteiger partial charge in [0, 0.05) is 0 Å². The molecule has 4 rings (SSSR count). The zero-order valence-electron chi connectivity index (χ0n) is 21.0. The molecule has 13 nitrogen and oxygen atoms in total. The monoisotopic (exact) mass is 547 g/mol. The van der Waals surface area contributed by atoms with Gasteiger partial charge >= 0.3 is 41.5 Å². The number of nitrogen functional groups attached to an aromatic ring is 2. The van der Waals surface area contributed by atoms with Gasteiger partial charge in [0.2, 0.25) is 0 Å². The second kappa shape index (κ2) is 13.2. The molecule has 7 N–H and O–H groups in total. The molecule has 0 aromatic heterocycles. The van der Waals surface area contributed by atoms with Crippen LogP contribution in [0.5, 0.6) is 5.75 Å². The SMILES string of the molecule is Nc1ccc(N=Nc2ccc(C(=O)O)cc2)c(N)c1N=Nc1ccc(N=Nc2ccc(O)c(C(=O)O)c2)cc1.[Na+]. The van der Waals surface area contributed by atoms with Crippen molar-refractivity contribution in [2.75, 3.05) is 11.5 Å². The third-order valence-electron chi connectivity index (χ3n) is 5.22. The first-order valence-corrected chi connectivity index (χ1v) is 11.1. The number of aromatic carboxylic acids is 2. The molecule has 0 aliphatic carbocycles. The number of hydrogen-bond donors (Lipinski definition) is 5. The minimum Gasteiger partial charge on any atom is -0.507 e. The summed E-state index contributed by atoms with van der Waals surface area (Å²) in [4.78, 5) is 22.1. The van der Waals surface area contributed by atoms with E-state index in [1.54, 1.807) is 36.4 Å². The van der Waals surface area contributed by atoms with Gasteiger partial charge in [0.15, 0.2) is 0 Å². The number of phenols is 1. The maximum absolute atomic E-state index is 11.1. The van der Waals surface area contributed by atoms with Gasteiger partial charge in [-0.25, -0.2) is 9.59 Å². The summed E-state index contributed by atoms with van der Waals surface area (Å²) in [6, 6.07) is 19.4. The number of hydrogen-bond acceptors (Lipinski definition) is 11. The van der Waals surface area contributed by atoms with Gasteiger partial charge in [0.1, 0.15) is 22.7 Å². The fourth-order valence-corrected chi connectivity index (χ4v) is 3.16. The van der Waals surface area contributed by atoms with Crippen molar-refractivity contribution in [3.8, 4) is 5.75 Å². The van der Waals surface area contributed by atoms with Crippen LogP contribution in [0.15, 0.2) is 110 Å². The first kappa shape index (κ1) is 29.6. The topological polar surface area (TPSA) is 221 Å². The van der Waals surface area contributed by atoms with Crippen molar-refractivity contribution in [1.82, 2.24) is 0 Å². The van der Waals surface area contributed by atoms with E-state index in [1.165, 1.54) is 42.5 Å². The Bertz CT molecular complexity index is 1640. The van der Waals surface area contributed by atoms with E-state index in [9.17, 15) is 14.7 Å². The van der Waals surface area contributed by atoms with Crippen molar-refractivity contribution in [2.45, 2.75) is 0 Å². The number of azo groups is 3. The largest absolute Gasteiger partial charge is 1.00 e. The van der Waals surface area contributed by atoms with Gasteiger partial charge < -0.3 is 26.8 Å². The Labute approximate surface area is 248 Å². The Morgan fingerprint density at radius 2 is 1.10 bits per heavy atom. The Kier molecular flexibility index (Phi) is 9.76. The molecule has 0 aliphatic rings. The maximum Gasteiger partial charge on any atom is 1.00 e. The van der Waals surface area contributed by atoms with Gasteiger partial charge in [-0.05, 0) is 78.9 Å². The standard InChI is InChI=1S/C26H20N8O5.Na/c27-20-10-11-21(33-30-15-3-1-14(2-4-15)25(36)37)23(28)24(20)34-31-17-7-5-16(6-8-17)29-32-18-9-12-22(35)19(13-18)26(38)39;/h1-13,35H,27-28H2,(H,36,37)(H,38,39);/q;+1. The van der Waals surface area contributed by atoms with Crippen molar-refractivity contribution < 1.29 is 54.5 Å². The van der Waals surface area contributed by atoms with E-state index in [-0.39, 0.29) is 69.2 Å². The van der Waals surface area contributed by atoms with Crippen LogP contribution in [0, 0.1) is 0 Å². The van der Waals surface area contributed by atoms with Crippen LogP contribution in [0.2, 0.25) is 0 Å². The maximum atomic E-state index is 11.1. The van der Waals surface area contributed by atoms with E-state index in [0.717, 1.165) is 0 Å².